The van der Waals surface area contributed by atoms with Gasteiger partial charge in [-0.25, -0.2) is 0 Å². The van der Waals surface area contributed by atoms with E-state index in [4.69, 9.17) is 11.6 Å². The number of nitrogens with zero attached hydrogens (tertiary/aromatic N) is 1. The first kappa shape index (κ1) is 18.4. The third kappa shape index (κ3) is 3.91. The zero-order chi connectivity index (χ0) is 18.1. The summed E-state index contributed by atoms with van der Waals surface area (Å²) in [4.78, 5) is 26.5. The van der Waals surface area contributed by atoms with Crippen molar-refractivity contribution in [1.82, 2.24) is 0 Å². The summed E-state index contributed by atoms with van der Waals surface area (Å²) in [6.07, 6.45) is 0.200. The molecule has 0 aromatic heterocycles. The van der Waals surface area contributed by atoms with Crippen LogP contribution in [0.4, 0.5) is 11.4 Å². The number of carbonyl (C=O) groups excluding carboxylic acids is 2. The Morgan fingerprint density at radius 2 is 1.88 bits per heavy atom. The van der Waals surface area contributed by atoms with Gasteiger partial charge in [-0.3, -0.25) is 9.59 Å². The van der Waals surface area contributed by atoms with Crippen molar-refractivity contribution < 1.29 is 9.59 Å². The Hall–Kier alpha value is -1.37. The molecule has 3 rings (SSSR count). The van der Waals surface area contributed by atoms with Crippen LogP contribution >= 0.6 is 43.5 Å². The molecule has 25 heavy (non-hydrogen) atoms. The van der Waals surface area contributed by atoms with Crippen LogP contribution in [-0.2, 0) is 9.59 Å². The Morgan fingerprint density at radius 1 is 1.20 bits per heavy atom. The molecule has 7 heteroatoms. The predicted octanol–water partition coefficient (Wildman–Crippen LogP) is 5.17. The van der Waals surface area contributed by atoms with Crippen LogP contribution in [-0.4, -0.2) is 18.4 Å². The molecule has 0 spiro atoms. The van der Waals surface area contributed by atoms with Gasteiger partial charge in [-0.2, -0.15) is 0 Å². The van der Waals surface area contributed by atoms with Crippen LogP contribution in [0.25, 0.3) is 0 Å². The van der Waals surface area contributed by atoms with Crippen molar-refractivity contribution in [3.05, 3.63) is 55.9 Å². The monoisotopic (exact) mass is 484 g/mol. The first-order valence-electron chi connectivity index (χ1n) is 7.68. The molecule has 130 valence electrons. The van der Waals surface area contributed by atoms with E-state index in [-0.39, 0.29) is 18.2 Å². The van der Waals surface area contributed by atoms with E-state index in [1.165, 1.54) is 0 Å². The molecule has 0 aliphatic carbocycles. The molecule has 1 aliphatic rings. The van der Waals surface area contributed by atoms with Gasteiger partial charge in [0.1, 0.15) is 0 Å². The molecule has 0 unspecified atom stereocenters. The van der Waals surface area contributed by atoms with E-state index in [1.807, 2.05) is 31.2 Å². The average Bonchev–Trinajstić information content (AvgIpc) is 2.98. The molecular weight excluding hydrogens is 471 g/mol. The van der Waals surface area contributed by atoms with Crippen LogP contribution in [0.5, 0.6) is 0 Å². The zero-order valence-electron chi connectivity index (χ0n) is 13.4. The lowest BCUT2D eigenvalue weighted by Crippen LogP contribution is -2.28. The second kappa shape index (κ2) is 7.48. The maximum Gasteiger partial charge on any atom is 0.229 e. The van der Waals surface area contributed by atoms with Gasteiger partial charge in [0.15, 0.2) is 0 Å². The van der Waals surface area contributed by atoms with Crippen molar-refractivity contribution in [2.24, 2.45) is 5.92 Å². The summed E-state index contributed by atoms with van der Waals surface area (Å²) in [5.41, 5.74) is 2.25. The summed E-state index contributed by atoms with van der Waals surface area (Å²) in [7, 11) is 0. The first-order valence-corrected chi connectivity index (χ1v) is 9.64. The molecule has 1 N–H and O–H groups in total. The van der Waals surface area contributed by atoms with Crippen molar-refractivity contribution in [2.45, 2.75) is 13.3 Å². The van der Waals surface area contributed by atoms with E-state index in [2.05, 4.69) is 37.2 Å². The number of hydrogen-bond donors (Lipinski definition) is 1. The molecule has 0 radical (unpaired) electrons. The third-order valence-corrected chi connectivity index (χ3v) is 6.14. The summed E-state index contributed by atoms with van der Waals surface area (Å²) in [5, 5.41) is 3.46. The molecule has 4 nitrogen and oxygen atoms in total. The van der Waals surface area contributed by atoms with Crippen molar-refractivity contribution in [2.75, 3.05) is 16.8 Å². The molecule has 0 saturated carbocycles. The predicted molar refractivity (Wildman–Crippen MR) is 107 cm³/mol. The highest BCUT2D eigenvalue weighted by molar-refractivity contribution is 9.10. The van der Waals surface area contributed by atoms with Gasteiger partial charge < -0.3 is 10.2 Å². The second-order valence-corrected chi connectivity index (χ2v) is 8.05. The van der Waals surface area contributed by atoms with Crippen LogP contribution in [0.2, 0.25) is 5.02 Å². The van der Waals surface area contributed by atoms with Crippen molar-refractivity contribution in [1.29, 1.82) is 0 Å². The summed E-state index contributed by atoms with van der Waals surface area (Å²) >= 11 is 12.9. The number of rotatable bonds is 3. The van der Waals surface area contributed by atoms with Gasteiger partial charge in [-0.1, -0.05) is 27.5 Å². The Morgan fingerprint density at radius 3 is 2.56 bits per heavy atom. The largest absolute Gasteiger partial charge is 0.325 e. The van der Waals surface area contributed by atoms with Crippen LogP contribution in [0, 0.1) is 12.8 Å². The molecule has 1 atom stereocenters. The Labute approximate surface area is 167 Å². The summed E-state index contributed by atoms with van der Waals surface area (Å²) in [5.74, 6) is -0.611. The number of benzene rings is 2. The van der Waals surface area contributed by atoms with Crippen LogP contribution < -0.4 is 10.2 Å². The van der Waals surface area contributed by atoms with Crippen molar-refractivity contribution in [3.8, 4) is 0 Å². The molecule has 1 aliphatic heterocycles. The van der Waals surface area contributed by atoms with E-state index in [0.29, 0.717) is 17.3 Å². The topological polar surface area (TPSA) is 49.4 Å². The van der Waals surface area contributed by atoms with Gasteiger partial charge in [-0.15, -0.1) is 0 Å². The fourth-order valence-corrected chi connectivity index (χ4v) is 3.63. The quantitative estimate of drug-likeness (QED) is 0.651. The van der Waals surface area contributed by atoms with E-state index < -0.39 is 5.92 Å². The summed E-state index contributed by atoms with van der Waals surface area (Å²) in [6, 6.07) is 11.1. The number of anilines is 2. The highest BCUT2D eigenvalue weighted by atomic mass is 79.9. The minimum atomic E-state index is -0.391. The molecule has 1 fully saturated rings. The molecule has 1 saturated heterocycles. The second-order valence-electron chi connectivity index (χ2n) is 5.90. The van der Waals surface area contributed by atoms with Gasteiger partial charge >= 0.3 is 0 Å². The number of carbonyl (C=O) groups is 2. The highest BCUT2D eigenvalue weighted by Crippen LogP contribution is 2.32. The molecule has 2 aromatic rings. The molecule has 2 amide bonds. The highest BCUT2D eigenvalue weighted by Gasteiger charge is 2.35. The fourth-order valence-electron chi connectivity index (χ4n) is 2.78. The van der Waals surface area contributed by atoms with Gasteiger partial charge in [0.05, 0.1) is 10.9 Å². The fraction of sp³-hybridized carbons (Fsp3) is 0.222. The number of halogens is 3. The normalized spacial score (nSPS) is 17.0. The molecule has 2 aromatic carbocycles. The number of nitrogens with one attached hydrogen (secondary N) is 1. The molecule has 1 heterocycles. The lowest BCUT2D eigenvalue weighted by molar-refractivity contribution is -0.122. The first-order chi connectivity index (χ1) is 11.9. The van der Waals surface area contributed by atoms with Crippen molar-refractivity contribution >= 4 is 66.6 Å². The third-order valence-electron chi connectivity index (χ3n) is 4.23. The van der Waals surface area contributed by atoms with Crippen LogP contribution in [0.15, 0.2) is 45.3 Å². The lowest BCUT2D eigenvalue weighted by atomic mass is 10.1. The van der Waals surface area contributed by atoms with Crippen LogP contribution in [0.1, 0.15) is 12.0 Å². The SMILES string of the molecule is Cc1c(NC(=O)[C@H]2CC(=O)N(c3ccc(Br)cc3)C2)ccc(Br)c1Cl. The Balaban J connectivity index is 1.73. The van der Waals surface area contributed by atoms with Gasteiger partial charge in [0, 0.05) is 33.3 Å². The minimum absolute atomic E-state index is 0.0481. The standard InChI is InChI=1S/C18H15Br2ClN2O2/c1-10-15(7-6-14(20)17(10)21)22-18(25)11-8-16(24)23(9-11)13-4-2-12(19)3-5-13/h2-7,11H,8-9H2,1H3,(H,22,25)/t11-/m0/s1. The minimum Gasteiger partial charge on any atom is -0.325 e. The zero-order valence-corrected chi connectivity index (χ0v) is 17.3. The van der Waals surface area contributed by atoms with E-state index in [0.717, 1.165) is 20.2 Å². The average molecular weight is 487 g/mol. The van der Waals surface area contributed by atoms with Gasteiger partial charge in [0.25, 0.3) is 0 Å². The number of amides is 2. The summed E-state index contributed by atoms with van der Waals surface area (Å²) in [6.45, 7) is 2.21. The van der Waals surface area contributed by atoms with Gasteiger partial charge in [0.2, 0.25) is 11.8 Å². The maximum atomic E-state index is 12.6. The van der Waals surface area contributed by atoms with Crippen LogP contribution in [0.3, 0.4) is 0 Å². The van der Waals surface area contributed by atoms with Gasteiger partial charge in [-0.05, 0) is 64.8 Å². The Bertz CT molecular complexity index is 840. The van der Waals surface area contributed by atoms with E-state index in [1.54, 1.807) is 17.0 Å². The lowest BCUT2D eigenvalue weighted by Gasteiger charge is -2.17. The number of hydrogen-bond acceptors (Lipinski definition) is 2. The smallest absolute Gasteiger partial charge is 0.229 e. The van der Waals surface area contributed by atoms with E-state index >= 15 is 0 Å². The summed E-state index contributed by atoms with van der Waals surface area (Å²) < 4.78 is 1.72. The maximum absolute atomic E-state index is 12.6. The Kier molecular flexibility index (Phi) is 5.51. The molecule has 0 bridgehead atoms. The van der Waals surface area contributed by atoms with Crippen molar-refractivity contribution in [3.63, 3.8) is 0 Å². The van der Waals surface area contributed by atoms with E-state index in [9.17, 15) is 9.59 Å². The molecular formula is C18H15Br2ClN2O2.